The normalized spacial score (nSPS) is 11.8. The summed E-state index contributed by atoms with van der Waals surface area (Å²) < 4.78 is 0.920. The van der Waals surface area contributed by atoms with E-state index in [0.29, 0.717) is 18.4 Å². The van der Waals surface area contributed by atoms with Gasteiger partial charge in [-0.3, -0.25) is 4.79 Å². The SMILES string of the molecule is CC(CCc1cc(C#N)ccc1Br)C(=O)O. The molecule has 0 amide bonds. The molecular weight excluding hydrogens is 270 g/mol. The van der Waals surface area contributed by atoms with Crippen molar-refractivity contribution in [2.24, 2.45) is 5.92 Å². The first-order valence-electron chi connectivity index (χ1n) is 4.96. The molecule has 0 bridgehead atoms. The third-order valence-electron chi connectivity index (χ3n) is 2.44. The number of aliphatic carboxylic acids is 1. The fourth-order valence-electron chi connectivity index (χ4n) is 1.33. The van der Waals surface area contributed by atoms with Gasteiger partial charge in [-0.15, -0.1) is 0 Å². The van der Waals surface area contributed by atoms with Crippen molar-refractivity contribution in [3.05, 3.63) is 33.8 Å². The van der Waals surface area contributed by atoms with Crippen molar-refractivity contribution in [1.82, 2.24) is 0 Å². The molecule has 0 aliphatic rings. The van der Waals surface area contributed by atoms with Crippen LogP contribution in [0.2, 0.25) is 0 Å². The van der Waals surface area contributed by atoms with Crippen LogP contribution in [0.3, 0.4) is 0 Å². The van der Waals surface area contributed by atoms with Crippen molar-refractivity contribution >= 4 is 21.9 Å². The van der Waals surface area contributed by atoms with E-state index in [4.69, 9.17) is 10.4 Å². The molecule has 1 N–H and O–H groups in total. The third kappa shape index (κ3) is 3.35. The Hall–Kier alpha value is -1.34. The van der Waals surface area contributed by atoms with Gasteiger partial charge in [0.25, 0.3) is 0 Å². The minimum absolute atomic E-state index is 0.363. The van der Waals surface area contributed by atoms with Gasteiger partial charge in [-0.1, -0.05) is 22.9 Å². The maximum Gasteiger partial charge on any atom is 0.306 e. The Bertz CT molecular complexity index is 437. The molecule has 0 fully saturated rings. The van der Waals surface area contributed by atoms with E-state index in [1.165, 1.54) is 0 Å². The van der Waals surface area contributed by atoms with E-state index in [9.17, 15) is 4.79 Å². The first-order chi connectivity index (χ1) is 7.54. The highest BCUT2D eigenvalue weighted by Crippen LogP contribution is 2.21. The molecule has 0 spiro atoms. The predicted octanol–water partition coefficient (Wildman–Crippen LogP) is 2.97. The highest BCUT2D eigenvalue weighted by molar-refractivity contribution is 9.10. The van der Waals surface area contributed by atoms with E-state index in [1.54, 1.807) is 19.1 Å². The molecule has 16 heavy (non-hydrogen) atoms. The Morgan fingerprint density at radius 2 is 2.31 bits per heavy atom. The lowest BCUT2D eigenvalue weighted by atomic mass is 10.0. The molecule has 1 rings (SSSR count). The molecule has 0 saturated carbocycles. The molecule has 3 nitrogen and oxygen atoms in total. The summed E-state index contributed by atoms with van der Waals surface area (Å²) in [4.78, 5) is 10.7. The van der Waals surface area contributed by atoms with E-state index >= 15 is 0 Å². The summed E-state index contributed by atoms with van der Waals surface area (Å²) in [5.74, 6) is -1.15. The number of hydrogen-bond donors (Lipinski definition) is 1. The largest absolute Gasteiger partial charge is 0.481 e. The summed E-state index contributed by atoms with van der Waals surface area (Å²) >= 11 is 3.39. The van der Waals surface area contributed by atoms with Crippen LogP contribution in [0, 0.1) is 17.2 Å². The number of nitriles is 1. The molecule has 0 radical (unpaired) electrons. The Morgan fingerprint density at radius 3 is 2.88 bits per heavy atom. The van der Waals surface area contributed by atoms with Gasteiger partial charge in [0.05, 0.1) is 17.6 Å². The number of aryl methyl sites for hydroxylation is 1. The van der Waals surface area contributed by atoms with Gasteiger partial charge < -0.3 is 5.11 Å². The summed E-state index contributed by atoms with van der Waals surface area (Å²) in [5.41, 5.74) is 1.58. The Kier molecular flexibility index (Phi) is 4.51. The van der Waals surface area contributed by atoms with Crippen LogP contribution in [-0.4, -0.2) is 11.1 Å². The van der Waals surface area contributed by atoms with Gasteiger partial charge in [0.2, 0.25) is 0 Å². The Labute approximate surface area is 103 Å². The maximum absolute atomic E-state index is 10.7. The highest BCUT2D eigenvalue weighted by atomic mass is 79.9. The van der Waals surface area contributed by atoms with Crippen molar-refractivity contribution in [3.8, 4) is 6.07 Å². The minimum atomic E-state index is -0.785. The number of nitrogens with zero attached hydrogens (tertiary/aromatic N) is 1. The van der Waals surface area contributed by atoms with E-state index < -0.39 is 5.97 Å². The lowest BCUT2D eigenvalue weighted by Gasteiger charge is -2.07. The molecular formula is C12H12BrNO2. The van der Waals surface area contributed by atoms with Crippen LogP contribution in [0.15, 0.2) is 22.7 Å². The molecule has 0 aliphatic carbocycles. The third-order valence-corrected chi connectivity index (χ3v) is 3.22. The summed E-state index contributed by atoms with van der Waals surface area (Å²) in [6.45, 7) is 1.68. The second-order valence-corrected chi connectivity index (χ2v) is 4.55. The van der Waals surface area contributed by atoms with Gasteiger partial charge in [0, 0.05) is 4.47 Å². The van der Waals surface area contributed by atoms with Crippen molar-refractivity contribution in [3.63, 3.8) is 0 Å². The molecule has 1 unspecified atom stereocenters. The van der Waals surface area contributed by atoms with E-state index in [0.717, 1.165) is 10.0 Å². The monoisotopic (exact) mass is 281 g/mol. The number of halogens is 1. The first kappa shape index (κ1) is 12.7. The van der Waals surface area contributed by atoms with Gasteiger partial charge in [-0.25, -0.2) is 0 Å². The van der Waals surface area contributed by atoms with Crippen molar-refractivity contribution in [2.45, 2.75) is 19.8 Å². The Balaban J connectivity index is 2.74. The zero-order valence-electron chi connectivity index (χ0n) is 8.90. The van der Waals surface area contributed by atoms with Gasteiger partial charge in [-0.2, -0.15) is 5.26 Å². The van der Waals surface area contributed by atoms with E-state index in [-0.39, 0.29) is 5.92 Å². The number of carboxylic acid groups (broad SMARTS) is 1. The summed E-state index contributed by atoms with van der Waals surface area (Å²) in [7, 11) is 0. The number of carboxylic acids is 1. The van der Waals surface area contributed by atoms with E-state index in [2.05, 4.69) is 22.0 Å². The summed E-state index contributed by atoms with van der Waals surface area (Å²) in [6.07, 6.45) is 1.23. The summed E-state index contributed by atoms with van der Waals surface area (Å²) in [5, 5.41) is 17.5. The molecule has 0 aliphatic heterocycles. The van der Waals surface area contributed by atoms with Crippen molar-refractivity contribution < 1.29 is 9.90 Å². The fourth-order valence-corrected chi connectivity index (χ4v) is 1.78. The topological polar surface area (TPSA) is 61.1 Å². The van der Waals surface area contributed by atoms with Crippen LogP contribution in [0.25, 0.3) is 0 Å². The maximum atomic E-state index is 10.7. The molecule has 1 aromatic rings. The fraction of sp³-hybridized carbons (Fsp3) is 0.333. The van der Waals surface area contributed by atoms with Crippen LogP contribution >= 0.6 is 15.9 Å². The lowest BCUT2D eigenvalue weighted by molar-refractivity contribution is -0.141. The second kappa shape index (κ2) is 5.66. The molecule has 0 saturated heterocycles. The standard InChI is InChI=1S/C12H12BrNO2/c1-8(12(15)16)2-4-10-6-9(7-14)3-5-11(10)13/h3,5-6,8H,2,4H2,1H3,(H,15,16). The number of carbonyl (C=O) groups is 1. The average Bonchev–Trinajstić information content (AvgIpc) is 2.27. The lowest BCUT2D eigenvalue weighted by Crippen LogP contribution is -2.10. The molecule has 1 aromatic carbocycles. The predicted molar refractivity (Wildman–Crippen MR) is 64.0 cm³/mol. The second-order valence-electron chi connectivity index (χ2n) is 3.70. The quantitative estimate of drug-likeness (QED) is 0.923. The molecule has 0 heterocycles. The summed E-state index contributed by atoms with van der Waals surface area (Å²) in [6, 6.07) is 7.41. The molecule has 84 valence electrons. The smallest absolute Gasteiger partial charge is 0.306 e. The van der Waals surface area contributed by atoms with Crippen molar-refractivity contribution in [1.29, 1.82) is 5.26 Å². The van der Waals surface area contributed by atoms with Crippen LogP contribution < -0.4 is 0 Å². The van der Waals surface area contributed by atoms with Gasteiger partial charge in [0.15, 0.2) is 0 Å². The minimum Gasteiger partial charge on any atom is -0.481 e. The van der Waals surface area contributed by atoms with Crippen molar-refractivity contribution in [2.75, 3.05) is 0 Å². The molecule has 0 aromatic heterocycles. The molecule has 4 heteroatoms. The number of benzene rings is 1. The van der Waals surface area contributed by atoms with Gasteiger partial charge >= 0.3 is 5.97 Å². The highest BCUT2D eigenvalue weighted by Gasteiger charge is 2.11. The number of hydrogen-bond acceptors (Lipinski definition) is 2. The average molecular weight is 282 g/mol. The Morgan fingerprint density at radius 1 is 1.62 bits per heavy atom. The molecule has 1 atom stereocenters. The van der Waals surface area contributed by atoms with E-state index in [1.807, 2.05) is 6.07 Å². The zero-order chi connectivity index (χ0) is 12.1. The zero-order valence-corrected chi connectivity index (χ0v) is 10.5. The van der Waals surface area contributed by atoms with Crippen LogP contribution in [0.5, 0.6) is 0 Å². The van der Waals surface area contributed by atoms with Crippen LogP contribution in [0.4, 0.5) is 0 Å². The number of rotatable bonds is 4. The van der Waals surface area contributed by atoms with Crippen LogP contribution in [-0.2, 0) is 11.2 Å². The van der Waals surface area contributed by atoms with Crippen LogP contribution in [0.1, 0.15) is 24.5 Å². The first-order valence-corrected chi connectivity index (χ1v) is 5.75. The van der Waals surface area contributed by atoms with Gasteiger partial charge in [0.1, 0.15) is 0 Å². The van der Waals surface area contributed by atoms with Gasteiger partial charge in [-0.05, 0) is 36.6 Å².